The number of aryl methyl sites for hydroxylation is 1. The van der Waals surface area contributed by atoms with E-state index in [1.165, 1.54) is 20.9 Å². The molecule has 2 heterocycles. The van der Waals surface area contributed by atoms with E-state index in [0.29, 0.717) is 6.04 Å². The van der Waals surface area contributed by atoms with Crippen molar-refractivity contribution in [1.82, 2.24) is 5.32 Å². The van der Waals surface area contributed by atoms with Gasteiger partial charge in [-0.25, -0.2) is 0 Å². The van der Waals surface area contributed by atoms with Crippen molar-refractivity contribution in [1.29, 1.82) is 0 Å². The van der Waals surface area contributed by atoms with Crippen molar-refractivity contribution < 1.29 is 4.74 Å². The van der Waals surface area contributed by atoms with Crippen molar-refractivity contribution in [3.8, 4) is 5.75 Å². The molecule has 1 atom stereocenters. The van der Waals surface area contributed by atoms with Crippen LogP contribution >= 0.6 is 11.3 Å². The lowest BCUT2D eigenvalue weighted by atomic mass is 10.00. The Balaban J connectivity index is 1.79. The zero-order valence-electron chi connectivity index (χ0n) is 12.1. The fourth-order valence-electron chi connectivity index (χ4n) is 2.73. The van der Waals surface area contributed by atoms with Gasteiger partial charge in [-0.05, 0) is 42.8 Å². The van der Waals surface area contributed by atoms with Gasteiger partial charge in [-0.15, -0.1) is 11.3 Å². The van der Waals surface area contributed by atoms with Crippen molar-refractivity contribution in [2.45, 2.75) is 32.2 Å². The lowest BCUT2D eigenvalue weighted by Crippen LogP contribution is -2.18. The number of hydrogen-bond acceptors (Lipinski definition) is 3. The maximum atomic E-state index is 5.58. The van der Waals surface area contributed by atoms with Gasteiger partial charge in [-0.2, -0.15) is 0 Å². The van der Waals surface area contributed by atoms with Gasteiger partial charge in [-0.1, -0.05) is 19.1 Å². The summed E-state index contributed by atoms with van der Waals surface area (Å²) in [7, 11) is 2.04. The van der Waals surface area contributed by atoms with Gasteiger partial charge in [0.25, 0.3) is 0 Å². The van der Waals surface area contributed by atoms with Gasteiger partial charge >= 0.3 is 0 Å². The monoisotopic (exact) mass is 287 g/mol. The van der Waals surface area contributed by atoms with E-state index in [-0.39, 0.29) is 0 Å². The van der Waals surface area contributed by atoms with Crippen LogP contribution in [-0.4, -0.2) is 13.7 Å². The molecule has 0 spiro atoms. The van der Waals surface area contributed by atoms with Crippen molar-refractivity contribution in [2.24, 2.45) is 0 Å². The first-order valence-corrected chi connectivity index (χ1v) is 8.12. The van der Waals surface area contributed by atoms with Gasteiger partial charge in [-0.3, -0.25) is 0 Å². The molecular weight excluding hydrogens is 266 g/mol. The molecule has 0 fully saturated rings. The topological polar surface area (TPSA) is 21.3 Å². The third kappa shape index (κ3) is 2.74. The van der Waals surface area contributed by atoms with Crippen LogP contribution in [-0.2, 0) is 19.3 Å². The fourth-order valence-corrected chi connectivity index (χ4v) is 3.74. The Bertz CT molecular complexity index is 590. The standard InChI is InChI=1S/C17H21NOS/c1-3-14-5-6-15(20-14)11-16(18-2)12-4-7-17-13(10-12)8-9-19-17/h4-7,10,16,18H,3,8-9,11H2,1-2H3. The van der Waals surface area contributed by atoms with Crippen LogP contribution in [0.4, 0.5) is 0 Å². The predicted molar refractivity (Wildman–Crippen MR) is 84.8 cm³/mol. The average molecular weight is 287 g/mol. The van der Waals surface area contributed by atoms with Crippen LogP contribution in [0.15, 0.2) is 30.3 Å². The maximum Gasteiger partial charge on any atom is 0.122 e. The van der Waals surface area contributed by atoms with Crippen LogP contribution in [0.1, 0.15) is 33.8 Å². The molecule has 1 N–H and O–H groups in total. The molecule has 2 nitrogen and oxygen atoms in total. The largest absolute Gasteiger partial charge is 0.493 e. The molecule has 3 rings (SSSR count). The van der Waals surface area contributed by atoms with Crippen LogP contribution in [0.2, 0.25) is 0 Å². The summed E-state index contributed by atoms with van der Waals surface area (Å²) in [5.74, 6) is 1.06. The Labute approximate surface area is 124 Å². The summed E-state index contributed by atoms with van der Waals surface area (Å²) in [5, 5.41) is 3.45. The minimum atomic E-state index is 0.379. The Kier molecular flexibility index (Phi) is 4.08. The molecule has 0 saturated carbocycles. The van der Waals surface area contributed by atoms with E-state index < -0.39 is 0 Å². The lowest BCUT2D eigenvalue weighted by Gasteiger charge is -2.16. The minimum Gasteiger partial charge on any atom is -0.493 e. The van der Waals surface area contributed by atoms with Crippen molar-refractivity contribution >= 4 is 11.3 Å². The zero-order valence-corrected chi connectivity index (χ0v) is 12.9. The van der Waals surface area contributed by atoms with Crippen LogP contribution in [0.3, 0.4) is 0 Å². The Morgan fingerprint density at radius 3 is 2.85 bits per heavy atom. The molecule has 1 aliphatic heterocycles. The van der Waals surface area contributed by atoms with Gasteiger partial charge in [0.2, 0.25) is 0 Å². The highest BCUT2D eigenvalue weighted by molar-refractivity contribution is 7.11. The molecule has 0 radical (unpaired) electrons. The fraction of sp³-hybridized carbons (Fsp3) is 0.412. The van der Waals surface area contributed by atoms with Crippen LogP contribution in [0.25, 0.3) is 0 Å². The number of nitrogens with one attached hydrogen (secondary N) is 1. The molecule has 1 aliphatic rings. The van der Waals surface area contributed by atoms with E-state index in [1.807, 2.05) is 18.4 Å². The summed E-state index contributed by atoms with van der Waals surface area (Å²) in [6.45, 7) is 3.04. The van der Waals surface area contributed by atoms with E-state index in [1.54, 1.807) is 0 Å². The molecule has 1 aromatic heterocycles. The highest BCUT2D eigenvalue weighted by Crippen LogP contribution is 2.30. The van der Waals surface area contributed by atoms with Gasteiger partial charge in [0, 0.05) is 28.6 Å². The van der Waals surface area contributed by atoms with Gasteiger partial charge in [0.05, 0.1) is 6.61 Å². The second kappa shape index (κ2) is 5.98. The van der Waals surface area contributed by atoms with Crippen LogP contribution in [0.5, 0.6) is 5.75 Å². The number of fused-ring (bicyclic) bond motifs is 1. The minimum absolute atomic E-state index is 0.379. The van der Waals surface area contributed by atoms with Crippen LogP contribution in [0, 0.1) is 0 Å². The third-order valence-corrected chi connectivity index (χ3v) is 5.19. The summed E-state index contributed by atoms with van der Waals surface area (Å²) in [5.41, 5.74) is 2.71. The lowest BCUT2D eigenvalue weighted by molar-refractivity contribution is 0.356. The third-order valence-electron chi connectivity index (χ3n) is 3.94. The Morgan fingerprint density at radius 1 is 1.25 bits per heavy atom. The Hall–Kier alpha value is -1.32. The summed E-state index contributed by atoms with van der Waals surface area (Å²) in [6.07, 6.45) is 3.23. The smallest absolute Gasteiger partial charge is 0.122 e. The Morgan fingerprint density at radius 2 is 2.10 bits per heavy atom. The number of thiophene rings is 1. The van der Waals surface area contributed by atoms with E-state index in [4.69, 9.17) is 4.74 Å². The van der Waals surface area contributed by atoms with Gasteiger partial charge in [0.1, 0.15) is 5.75 Å². The summed E-state index contributed by atoms with van der Waals surface area (Å²) in [6, 6.07) is 11.5. The molecule has 3 heteroatoms. The normalized spacial score (nSPS) is 14.9. The number of rotatable bonds is 5. The quantitative estimate of drug-likeness (QED) is 0.904. The summed E-state index contributed by atoms with van der Waals surface area (Å²) < 4.78 is 5.58. The summed E-state index contributed by atoms with van der Waals surface area (Å²) >= 11 is 1.93. The molecular formula is C17H21NOS. The highest BCUT2D eigenvalue weighted by Gasteiger charge is 2.17. The number of benzene rings is 1. The number of ether oxygens (including phenoxy) is 1. The molecule has 2 aromatic rings. The maximum absolute atomic E-state index is 5.58. The van der Waals surface area contributed by atoms with Gasteiger partial charge < -0.3 is 10.1 Å². The molecule has 20 heavy (non-hydrogen) atoms. The number of hydrogen-bond donors (Lipinski definition) is 1. The molecule has 106 valence electrons. The van der Waals surface area contributed by atoms with Crippen molar-refractivity contribution in [3.63, 3.8) is 0 Å². The van der Waals surface area contributed by atoms with E-state index >= 15 is 0 Å². The van der Waals surface area contributed by atoms with E-state index in [0.717, 1.165) is 31.6 Å². The first-order valence-electron chi connectivity index (χ1n) is 7.30. The molecule has 1 unspecified atom stereocenters. The highest BCUT2D eigenvalue weighted by atomic mass is 32.1. The average Bonchev–Trinajstić information content (AvgIpc) is 3.12. The molecule has 0 bridgehead atoms. The SMILES string of the molecule is CCc1ccc(CC(NC)c2ccc3c(c2)CCO3)s1. The van der Waals surface area contributed by atoms with Gasteiger partial charge in [0.15, 0.2) is 0 Å². The van der Waals surface area contributed by atoms with E-state index in [2.05, 4.69) is 42.6 Å². The first kappa shape index (κ1) is 13.7. The van der Waals surface area contributed by atoms with Crippen LogP contribution < -0.4 is 10.1 Å². The zero-order chi connectivity index (χ0) is 13.9. The van der Waals surface area contributed by atoms with Crippen molar-refractivity contribution in [2.75, 3.05) is 13.7 Å². The molecule has 0 saturated heterocycles. The number of likely N-dealkylation sites (N-methyl/N-ethyl adjacent to an activating group) is 1. The molecule has 0 aliphatic carbocycles. The summed E-state index contributed by atoms with van der Waals surface area (Å²) in [4.78, 5) is 2.93. The second-order valence-corrected chi connectivity index (χ2v) is 6.49. The van der Waals surface area contributed by atoms with E-state index in [9.17, 15) is 0 Å². The molecule has 1 aromatic carbocycles. The van der Waals surface area contributed by atoms with Crippen molar-refractivity contribution in [3.05, 3.63) is 51.2 Å². The predicted octanol–water partition coefficient (Wildman–Crippen LogP) is 3.75. The first-order chi connectivity index (χ1) is 9.80. The molecule has 0 amide bonds. The second-order valence-electron chi connectivity index (χ2n) is 5.23.